The van der Waals surface area contributed by atoms with Gasteiger partial charge in [-0.05, 0) is 50.1 Å². The van der Waals surface area contributed by atoms with E-state index in [9.17, 15) is 19.5 Å². The molecule has 7 nitrogen and oxygen atoms in total. The highest BCUT2D eigenvalue weighted by Gasteiger charge is 2.28. The summed E-state index contributed by atoms with van der Waals surface area (Å²) < 4.78 is 5.63. The molecule has 2 amide bonds. The molecule has 134 valence electrons. The normalized spacial score (nSPS) is 12.0. The van der Waals surface area contributed by atoms with Crippen LogP contribution in [0, 0.1) is 13.8 Å². The number of benzene rings is 1. The Morgan fingerprint density at radius 3 is 2.44 bits per heavy atom. The Morgan fingerprint density at radius 2 is 1.84 bits per heavy atom. The summed E-state index contributed by atoms with van der Waals surface area (Å²) in [6, 6.07) is 4.35. The van der Waals surface area contributed by atoms with Crippen LogP contribution in [0.3, 0.4) is 0 Å². The smallest absolute Gasteiger partial charge is 0.326 e. The molecule has 0 spiro atoms. The lowest BCUT2D eigenvalue weighted by molar-refractivity contribution is -0.141. The number of aryl methyl sites for hydroxylation is 2. The second-order valence-corrected chi connectivity index (χ2v) is 6.08. The van der Waals surface area contributed by atoms with Gasteiger partial charge in [-0.1, -0.05) is 0 Å². The number of nitrogens with zero attached hydrogens (tertiary/aromatic N) is 1. The quantitative estimate of drug-likeness (QED) is 0.834. The van der Waals surface area contributed by atoms with Gasteiger partial charge in [-0.3, -0.25) is 9.59 Å². The van der Waals surface area contributed by atoms with E-state index in [1.807, 2.05) is 26.0 Å². The van der Waals surface area contributed by atoms with Gasteiger partial charge < -0.3 is 19.7 Å². The number of amides is 2. The molecule has 0 bridgehead atoms. The number of nitrogens with one attached hydrogen (secondary N) is 1. The molecular weight excluding hydrogens is 324 g/mol. The molecule has 0 aliphatic heterocycles. The second kappa shape index (κ2) is 7.38. The van der Waals surface area contributed by atoms with Gasteiger partial charge in [0.1, 0.15) is 11.6 Å². The van der Waals surface area contributed by atoms with Crippen LogP contribution < -0.4 is 5.32 Å². The minimum Gasteiger partial charge on any atom is -0.480 e. The fraction of sp³-hybridized carbons (Fsp3) is 0.389. The maximum absolute atomic E-state index is 12.8. The van der Waals surface area contributed by atoms with E-state index >= 15 is 0 Å². The lowest BCUT2D eigenvalue weighted by Crippen LogP contribution is -2.46. The molecule has 0 saturated heterocycles. The molecular formula is C18H22N2O5. The number of rotatable bonds is 6. The SMILES string of the molecule is CC(=O)NCCN(C(=O)c1cc2cc(C)c(C)cc2o1)C(C)C(=O)O. The lowest BCUT2D eigenvalue weighted by Gasteiger charge is -2.25. The largest absolute Gasteiger partial charge is 0.480 e. The highest BCUT2D eigenvalue weighted by atomic mass is 16.4. The van der Waals surface area contributed by atoms with E-state index in [-0.39, 0.29) is 24.8 Å². The van der Waals surface area contributed by atoms with Crippen molar-refractivity contribution in [3.05, 3.63) is 35.1 Å². The van der Waals surface area contributed by atoms with Gasteiger partial charge in [0.2, 0.25) is 5.91 Å². The van der Waals surface area contributed by atoms with Crippen molar-refractivity contribution in [2.45, 2.75) is 33.7 Å². The molecule has 1 atom stereocenters. The third-order valence-corrected chi connectivity index (χ3v) is 4.16. The van der Waals surface area contributed by atoms with Crippen LogP contribution in [-0.4, -0.2) is 46.9 Å². The Bertz CT molecular complexity index is 785. The van der Waals surface area contributed by atoms with Gasteiger partial charge in [-0.25, -0.2) is 4.79 Å². The van der Waals surface area contributed by atoms with Crippen LogP contribution in [0.5, 0.6) is 0 Å². The summed E-state index contributed by atoms with van der Waals surface area (Å²) in [6.45, 7) is 6.93. The fourth-order valence-corrected chi connectivity index (χ4v) is 2.51. The zero-order valence-corrected chi connectivity index (χ0v) is 14.8. The van der Waals surface area contributed by atoms with E-state index in [4.69, 9.17) is 4.42 Å². The molecule has 2 rings (SSSR count). The van der Waals surface area contributed by atoms with Gasteiger partial charge in [-0.2, -0.15) is 0 Å². The van der Waals surface area contributed by atoms with Crippen molar-refractivity contribution in [2.75, 3.05) is 13.1 Å². The molecule has 0 fully saturated rings. The van der Waals surface area contributed by atoms with Gasteiger partial charge in [0.25, 0.3) is 5.91 Å². The summed E-state index contributed by atoms with van der Waals surface area (Å²) in [4.78, 5) is 36.3. The van der Waals surface area contributed by atoms with Crippen LogP contribution in [0.25, 0.3) is 11.0 Å². The number of carbonyl (C=O) groups is 3. The first-order chi connectivity index (χ1) is 11.7. The second-order valence-electron chi connectivity index (χ2n) is 6.08. The molecule has 0 aliphatic rings. The number of carboxylic acid groups (broad SMARTS) is 1. The number of carbonyl (C=O) groups excluding carboxylic acids is 2. The van der Waals surface area contributed by atoms with Crippen LogP contribution in [0.15, 0.2) is 22.6 Å². The number of furan rings is 1. The molecule has 25 heavy (non-hydrogen) atoms. The molecule has 7 heteroatoms. The molecule has 0 radical (unpaired) electrons. The number of hydrogen-bond donors (Lipinski definition) is 2. The topological polar surface area (TPSA) is 99.9 Å². The van der Waals surface area contributed by atoms with Crippen LogP contribution in [-0.2, 0) is 9.59 Å². The predicted octanol–water partition coefficient (Wildman–Crippen LogP) is 2.10. The lowest BCUT2D eigenvalue weighted by atomic mass is 10.1. The van der Waals surface area contributed by atoms with E-state index in [1.54, 1.807) is 6.07 Å². The van der Waals surface area contributed by atoms with Crippen LogP contribution >= 0.6 is 0 Å². The summed E-state index contributed by atoms with van der Waals surface area (Å²) in [7, 11) is 0. The van der Waals surface area contributed by atoms with Crippen molar-refractivity contribution in [1.82, 2.24) is 10.2 Å². The van der Waals surface area contributed by atoms with E-state index in [0.717, 1.165) is 16.5 Å². The van der Waals surface area contributed by atoms with Crippen LogP contribution in [0.2, 0.25) is 0 Å². The Hall–Kier alpha value is -2.83. The van der Waals surface area contributed by atoms with Crippen LogP contribution in [0.1, 0.15) is 35.5 Å². The monoisotopic (exact) mass is 346 g/mol. The van der Waals surface area contributed by atoms with Crippen molar-refractivity contribution >= 4 is 28.8 Å². The van der Waals surface area contributed by atoms with E-state index in [2.05, 4.69) is 5.32 Å². The molecule has 1 aromatic heterocycles. The van der Waals surface area contributed by atoms with Gasteiger partial charge in [0, 0.05) is 25.4 Å². The molecule has 1 unspecified atom stereocenters. The Morgan fingerprint density at radius 1 is 1.20 bits per heavy atom. The molecule has 1 heterocycles. The first-order valence-electron chi connectivity index (χ1n) is 7.99. The van der Waals surface area contributed by atoms with Gasteiger partial charge in [-0.15, -0.1) is 0 Å². The predicted molar refractivity (Wildman–Crippen MR) is 92.5 cm³/mol. The number of hydrogen-bond acceptors (Lipinski definition) is 4. The van der Waals surface area contributed by atoms with Gasteiger partial charge in [0.05, 0.1) is 0 Å². The Labute approximate surface area is 145 Å². The Kier molecular flexibility index (Phi) is 5.46. The standard InChI is InChI=1S/C18H22N2O5/c1-10-7-14-9-16(25-15(14)8-11(10)2)17(22)20(12(3)18(23)24)6-5-19-13(4)21/h7-9,12H,5-6H2,1-4H3,(H,19,21)(H,23,24). The van der Waals surface area contributed by atoms with Crippen molar-refractivity contribution in [1.29, 1.82) is 0 Å². The van der Waals surface area contributed by atoms with Gasteiger partial charge >= 0.3 is 5.97 Å². The highest BCUT2D eigenvalue weighted by Crippen LogP contribution is 2.24. The highest BCUT2D eigenvalue weighted by molar-refractivity contribution is 5.98. The fourth-order valence-electron chi connectivity index (χ4n) is 2.51. The maximum Gasteiger partial charge on any atom is 0.326 e. The number of fused-ring (bicyclic) bond motifs is 1. The summed E-state index contributed by atoms with van der Waals surface area (Å²) in [6.07, 6.45) is 0. The summed E-state index contributed by atoms with van der Waals surface area (Å²) in [5, 5.41) is 12.6. The molecule has 2 aromatic rings. The Balaban J connectivity index is 2.31. The summed E-state index contributed by atoms with van der Waals surface area (Å²) in [5.74, 6) is -1.81. The number of carboxylic acids is 1. The average molecular weight is 346 g/mol. The summed E-state index contributed by atoms with van der Waals surface area (Å²) >= 11 is 0. The molecule has 0 saturated carbocycles. The molecule has 1 aromatic carbocycles. The molecule has 2 N–H and O–H groups in total. The zero-order valence-electron chi connectivity index (χ0n) is 14.8. The number of aliphatic carboxylic acids is 1. The van der Waals surface area contributed by atoms with E-state index in [1.165, 1.54) is 18.7 Å². The van der Waals surface area contributed by atoms with Crippen molar-refractivity contribution in [3.8, 4) is 0 Å². The third kappa shape index (κ3) is 4.17. The van der Waals surface area contributed by atoms with E-state index in [0.29, 0.717) is 5.58 Å². The van der Waals surface area contributed by atoms with Crippen LogP contribution in [0.4, 0.5) is 0 Å². The maximum atomic E-state index is 12.8. The van der Waals surface area contributed by atoms with Crippen molar-refractivity contribution in [2.24, 2.45) is 0 Å². The van der Waals surface area contributed by atoms with E-state index < -0.39 is 17.9 Å². The first-order valence-corrected chi connectivity index (χ1v) is 7.99. The summed E-state index contributed by atoms with van der Waals surface area (Å²) in [5.41, 5.74) is 2.70. The van der Waals surface area contributed by atoms with Crippen molar-refractivity contribution in [3.63, 3.8) is 0 Å². The van der Waals surface area contributed by atoms with Gasteiger partial charge in [0.15, 0.2) is 5.76 Å². The van der Waals surface area contributed by atoms with Crippen molar-refractivity contribution < 1.29 is 23.9 Å². The first kappa shape index (κ1) is 18.5. The minimum atomic E-state index is -1.13. The minimum absolute atomic E-state index is 0.0704. The molecule has 0 aliphatic carbocycles. The average Bonchev–Trinajstić information content (AvgIpc) is 2.93. The third-order valence-electron chi connectivity index (χ3n) is 4.16. The zero-order chi connectivity index (χ0) is 18.7.